The smallest absolute Gasteiger partial charge is 0.251 e. The predicted molar refractivity (Wildman–Crippen MR) is 97.0 cm³/mol. The normalized spacial score (nSPS) is 10.8. The van der Waals surface area contributed by atoms with Crippen LogP contribution in [0.25, 0.3) is 10.6 Å². The molecule has 5 heteroatoms. The minimum absolute atomic E-state index is 0.0798. The standard InChI is InChI=1S/C19H19N3OS/c1-13(2)14-3-5-15(6-4-14)18(23)21-11-17-12-24-19(22-17)16-7-9-20-10-8-16/h3-10,12-13H,11H2,1-2H3,(H,21,23). The first kappa shape index (κ1) is 16.3. The van der Waals surface area contributed by atoms with E-state index in [2.05, 4.69) is 29.1 Å². The number of amides is 1. The van der Waals surface area contributed by atoms with E-state index < -0.39 is 0 Å². The number of carbonyl (C=O) groups excluding carboxylic acids is 1. The van der Waals surface area contributed by atoms with Gasteiger partial charge < -0.3 is 5.32 Å². The van der Waals surface area contributed by atoms with Crippen LogP contribution in [-0.4, -0.2) is 15.9 Å². The molecular weight excluding hydrogens is 318 g/mol. The molecule has 1 aromatic carbocycles. The van der Waals surface area contributed by atoms with Gasteiger partial charge in [-0.3, -0.25) is 9.78 Å². The number of rotatable bonds is 5. The first-order chi connectivity index (χ1) is 11.6. The number of benzene rings is 1. The number of thiazole rings is 1. The number of nitrogens with zero attached hydrogens (tertiary/aromatic N) is 2. The van der Waals surface area contributed by atoms with Crippen molar-refractivity contribution in [3.63, 3.8) is 0 Å². The maximum absolute atomic E-state index is 12.2. The third kappa shape index (κ3) is 3.86. The summed E-state index contributed by atoms with van der Waals surface area (Å²) in [4.78, 5) is 20.8. The fourth-order valence-electron chi connectivity index (χ4n) is 2.31. The lowest BCUT2D eigenvalue weighted by Gasteiger charge is -2.07. The van der Waals surface area contributed by atoms with Crippen LogP contribution in [0.4, 0.5) is 0 Å². The largest absolute Gasteiger partial charge is 0.346 e. The molecule has 0 spiro atoms. The van der Waals surface area contributed by atoms with E-state index in [1.54, 1.807) is 23.7 Å². The summed E-state index contributed by atoms with van der Waals surface area (Å²) >= 11 is 1.57. The summed E-state index contributed by atoms with van der Waals surface area (Å²) in [6.45, 7) is 4.70. The maximum Gasteiger partial charge on any atom is 0.251 e. The van der Waals surface area contributed by atoms with E-state index in [0.717, 1.165) is 16.3 Å². The molecule has 3 rings (SSSR count). The topological polar surface area (TPSA) is 54.9 Å². The van der Waals surface area contributed by atoms with Gasteiger partial charge in [-0.05, 0) is 35.7 Å². The van der Waals surface area contributed by atoms with E-state index in [4.69, 9.17) is 0 Å². The van der Waals surface area contributed by atoms with E-state index in [1.165, 1.54) is 5.56 Å². The number of hydrogen-bond donors (Lipinski definition) is 1. The second kappa shape index (κ2) is 7.36. The number of aromatic nitrogens is 2. The molecule has 122 valence electrons. The SMILES string of the molecule is CC(C)c1ccc(C(=O)NCc2csc(-c3ccncc3)n2)cc1. The number of nitrogens with one attached hydrogen (secondary N) is 1. The van der Waals surface area contributed by atoms with Crippen LogP contribution in [-0.2, 0) is 6.54 Å². The highest BCUT2D eigenvalue weighted by Crippen LogP contribution is 2.22. The van der Waals surface area contributed by atoms with Crippen LogP contribution in [0.2, 0.25) is 0 Å². The molecule has 0 aliphatic carbocycles. The molecule has 0 radical (unpaired) electrons. The zero-order valence-corrected chi connectivity index (χ0v) is 14.5. The van der Waals surface area contributed by atoms with Gasteiger partial charge >= 0.3 is 0 Å². The second-order valence-corrected chi connectivity index (χ2v) is 6.70. The van der Waals surface area contributed by atoms with Crippen molar-refractivity contribution >= 4 is 17.2 Å². The van der Waals surface area contributed by atoms with Gasteiger partial charge in [0.15, 0.2) is 0 Å². The van der Waals surface area contributed by atoms with Crippen LogP contribution >= 0.6 is 11.3 Å². The van der Waals surface area contributed by atoms with E-state index in [9.17, 15) is 4.79 Å². The Balaban J connectivity index is 1.61. The Morgan fingerprint density at radius 3 is 2.50 bits per heavy atom. The Morgan fingerprint density at radius 2 is 1.83 bits per heavy atom. The Hall–Kier alpha value is -2.53. The molecule has 0 bridgehead atoms. The first-order valence-corrected chi connectivity index (χ1v) is 8.74. The molecule has 0 aliphatic rings. The first-order valence-electron chi connectivity index (χ1n) is 7.86. The quantitative estimate of drug-likeness (QED) is 0.757. The van der Waals surface area contributed by atoms with Gasteiger partial charge in [0, 0.05) is 28.9 Å². The highest BCUT2D eigenvalue weighted by molar-refractivity contribution is 7.13. The van der Waals surface area contributed by atoms with Crippen molar-refractivity contribution in [2.75, 3.05) is 0 Å². The Kier molecular flexibility index (Phi) is 5.01. The summed E-state index contributed by atoms with van der Waals surface area (Å²) in [6.07, 6.45) is 3.50. The lowest BCUT2D eigenvalue weighted by atomic mass is 10.0. The number of hydrogen-bond acceptors (Lipinski definition) is 4. The van der Waals surface area contributed by atoms with Gasteiger partial charge in [-0.15, -0.1) is 11.3 Å². The van der Waals surface area contributed by atoms with Crippen LogP contribution in [0, 0.1) is 0 Å². The highest BCUT2D eigenvalue weighted by atomic mass is 32.1. The van der Waals surface area contributed by atoms with E-state index in [1.807, 2.05) is 41.8 Å². The van der Waals surface area contributed by atoms with Crippen molar-refractivity contribution in [2.24, 2.45) is 0 Å². The van der Waals surface area contributed by atoms with Gasteiger partial charge in [-0.25, -0.2) is 4.98 Å². The molecule has 0 unspecified atom stereocenters. The minimum Gasteiger partial charge on any atom is -0.346 e. The van der Waals surface area contributed by atoms with Crippen molar-refractivity contribution in [1.29, 1.82) is 0 Å². The molecular formula is C19H19N3OS. The molecule has 3 aromatic rings. The van der Waals surface area contributed by atoms with E-state index >= 15 is 0 Å². The summed E-state index contributed by atoms with van der Waals surface area (Å²) in [5.74, 6) is 0.382. The van der Waals surface area contributed by atoms with Gasteiger partial charge in [0.2, 0.25) is 0 Å². The zero-order valence-electron chi connectivity index (χ0n) is 13.7. The molecule has 4 nitrogen and oxygen atoms in total. The van der Waals surface area contributed by atoms with Gasteiger partial charge in [-0.1, -0.05) is 26.0 Å². The zero-order chi connectivity index (χ0) is 16.9. The molecule has 2 aromatic heterocycles. The van der Waals surface area contributed by atoms with Crippen LogP contribution in [0.15, 0.2) is 54.2 Å². The van der Waals surface area contributed by atoms with Crippen molar-refractivity contribution in [1.82, 2.24) is 15.3 Å². The van der Waals surface area contributed by atoms with E-state index in [0.29, 0.717) is 18.0 Å². The van der Waals surface area contributed by atoms with Gasteiger partial charge in [0.05, 0.1) is 12.2 Å². The molecule has 24 heavy (non-hydrogen) atoms. The lowest BCUT2D eigenvalue weighted by molar-refractivity contribution is 0.0950. The molecule has 2 heterocycles. The molecule has 0 atom stereocenters. The molecule has 1 N–H and O–H groups in total. The summed E-state index contributed by atoms with van der Waals surface area (Å²) in [5, 5.41) is 5.83. The molecule has 0 saturated heterocycles. The summed E-state index contributed by atoms with van der Waals surface area (Å²) in [6, 6.07) is 11.6. The Morgan fingerprint density at radius 1 is 1.12 bits per heavy atom. The minimum atomic E-state index is -0.0798. The van der Waals surface area contributed by atoms with E-state index in [-0.39, 0.29) is 5.91 Å². The van der Waals surface area contributed by atoms with Gasteiger partial charge in [-0.2, -0.15) is 0 Å². The summed E-state index contributed by atoms with van der Waals surface area (Å²) in [5.41, 5.74) is 3.80. The maximum atomic E-state index is 12.2. The fraction of sp³-hybridized carbons (Fsp3) is 0.211. The monoisotopic (exact) mass is 337 g/mol. The van der Waals surface area contributed by atoms with Crippen molar-refractivity contribution in [3.05, 3.63) is 71.0 Å². The third-order valence-electron chi connectivity index (χ3n) is 3.75. The second-order valence-electron chi connectivity index (χ2n) is 5.84. The highest BCUT2D eigenvalue weighted by Gasteiger charge is 2.09. The Bertz CT molecular complexity index is 810. The van der Waals surface area contributed by atoms with Crippen LogP contribution < -0.4 is 5.32 Å². The summed E-state index contributed by atoms with van der Waals surface area (Å²) < 4.78 is 0. The van der Waals surface area contributed by atoms with Crippen LogP contribution in [0.5, 0.6) is 0 Å². The number of carbonyl (C=O) groups is 1. The average molecular weight is 337 g/mol. The van der Waals surface area contributed by atoms with Crippen LogP contribution in [0.1, 0.15) is 41.4 Å². The fourth-order valence-corrected chi connectivity index (χ4v) is 3.13. The average Bonchev–Trinajstić information content (AvgIpc) is 3.09. The van der Waals surface area contributed by atoms with Crippen molar-refractivity contribution < 1.29 is 4.79 Å². The van der Waals surface area contributed by atoms with Gasteiger partial charge in [0.25, 0.3) is 5.91 Å². The Labute approximate surface area is 145 Å². The molecule has 1 amide bonds. The summed E-state index contributed by atoms with van der Waals surface area (Å²) in [7, 11) is 0. The van der Waals surface area contributed by atoms with Gasteiger partial charge in [0.1, 0.15) is 5.01 Å². The predicted octanol–water partition coefficient (Wildman–Crippen LogP) is 4.26. The molecule has 0 fully saturated rings. The van der Waals surface area contributed by atoms with Crippen molar-refractivity contribution in [3.8, 4) is 10.6 Å². The number of pyridine rings is 1. The van der Waals surface area contributed by atoms with Crippen molar-refractivity contribution in [2.45, 2.75) is 26.3 Å². The molecule has 0 saturated carbocycles. The van der Waals surface area contributed by atoms with Crippen LogP contribution in [0.3, 0.4) is 0 Å². The third-order valence-corrected chi connectivity index (χ3v) is 4.69. The molecule has 0 aliphatic heterocycles. The lowest BCUT2D eigenvalue weighted by Crippen LogP contribution is -2.22.